The van der Waals surface area contributed by atoms with Crippen molar-refractivity contribution in [1.82, 2.24) is 0 Å². The Bertz CT molecular complexity index is 538. The lowest BCUT2D eigenvalue weighted by Crippen LogP contribution is -2.41. The van der Waals surface area contributed by atoms with Crippen LogP contribution in [0.15, 0.2) is 42.7 Å². The third-order valence-corrected chi connectivity index (χ3v) is 5.53. The first-order valence-corrected chi connectivity index (χ1v) is 10.0. The summed E-state index contributed by atoms with van der Waals surface area (Å²) in [6, 6.07) is 10.2. The maximum Gasteiger partial charge on any atom is 0.465 e. The molecule has 0 aromatic heterocycles. The van der Waals surface area contributed by atoms with E-state index in [-0.39, 0.29) is 24.1 Å². The van der Waals surface area contributed by atoms with Crippen LogP contribution in [0.1, 0.15) is 72.3 Å². The molecule has 0 unspecified atom stereocenters. The van der Waals surface area contributed by atoms with Crippen molar-refractivity contribution >= 4 is 7.12 Å². The van der Waals surface area contributed by atoms with E-state index in [1.54, 1.807) is 0 Å². The second-order valence-corrected chi connectivity index (χ2v) is 8.26. The molecule has 1 atom stereocenters. The van der Waals surface area contributed by atoms with E-state index in [1.165, 1.54) is 31.2 Å². The smallest absolute Gasteiger partial charge is 0.465 e. The van der Waals surface area contributed by atoms with Gasteiger partial charge < -0.3 is 14.0 Å². The fraction of sp³-hybridized carbons (Fsp3) is 0.636. The van der Waals surface area contributed by atoms with E-state index in [0.717, 1.165) is 6.42 Å². The van der Waals surface area contributed by atoms with Crippen LogP contribution in [-0.4, -0.2) is 18.3 Å². The molecule has 0 saturated carbocycles. The molecule has 2 rings (SSSR count). The second kappa shape index (κ2) is 9.61. The molecule has 144 valence electrons. The van der Waals surface area contributed by atoms with E-state index in [9.17, 15) is 0 Å². The van der Waals surface area contributed by atoms with Crippen LogP contribution in [0.25, 0.3) is 0 Å². The summed E-state index contributed by atoms with van der Waals surface area (Å²) in [5, 5.41) is 0. The Kier molecular flexibility index (Phi) is 7.78. The summed E-state index contributed by atoms with van der Waals surface area (Å²) in [6.07, 6.45) is 9.97. The van der Waals surface area contributed by atoms with E-state index < -0.39 is 0 Å². The van der Waals surface area contributed by atoms with Crippen molar-refractivity contribution in [2.45, 2.75) is 90.3 Å². The fourth-order valence-electron chi connectivity index (χ4n) is 3.07. The van der Waals surface area contributed by atoms with Crippen LogP contribution in [0.3, 0.4) is 0 Å². The number of allylic oxidation sites excluding steroid dienone is 1. The van der Waals surface area contributed by atoms with Crippen LogP contribution in [0, 0.1) is 0 Å². The molecule has 1 fully saturated rings. The predicted octanol–water partition coefficient (Wildman–Crippen LogP) is 6.15. The van der Waals surface area contributed by atoms with Gasteiger partial charge in [0.25, 0.3) is 0 Å². The average molecular weight is 358 g/mol. The van der Waals surface area contributed by atoms with Gasteiger partial charge in [-0.15, -0.1) is 0 Å². The lowest BCUT2D eigenvalue weighted by atomic mass is 9.69. The highest BCUT2D eigenvalue weighted by molar-refractivity contribution is 6.48. The standard InChI is InChI=1S/C22H35BO3/c1-6-7-8-12-15-20(23-25-21(2,3)22(4,5)26-23)16-17-24-18-19-13-10-9-11-14-19/h9-11,13-14,16-17,20H,6-8,12,15,18H2,1-5H3/b17-16+/t20-/m0/s1. The second-order valence-electron chi connectivity index (χ2n) is 8.26. The molecule has 1 aliphatic heterocycles. The molecule has 0 amide bonds. The number of benzene rings is 1. The SMILES string of the molecule is CCCCCC[C@@H](/C=C/OCc1ccccc1)B1OC(C)(C)C(C)(C)O1. The molecule has 0 spiro atoms. The molecule has 26 heavy (non-hydrogen) atoms. The van der Waals surface area contributed by atoms with E-state index >= 15 is 0 Å². The lowest BCUT2D eigenvalue weighted by molar-refractivity contribution is 0.00578. The fourth-order valence-corrected chi connectivity index (χ4v) is 3.07. The Morgan fingerprint density at radius 2 is 1.65 bits per heavy atom. The molecular weight excluding hydrogens is 323 g/mol. The van der Waals surface area contributed by atoms with Gasteiger partial charge in [0.05, 0.1) is 17.5 Å². The van der Waals surface area contributed by atoms with Gasteiger partial charge in [0.15, 0.2) is 0 Å². The van der Waals surface area contributed by atoms with E-state index in [4.69, 9.17) is 14.0 Å². The summed E-state index contributed by atoms with van der Waals surface area (Å²) in [7, 11) is -0.210. The molecule has 1 aliphatic rings. The Labute approximate surface area is 160 Å². The molecule has 0 bridgehead atoms. The summed E-state index contributed by atoms with van der Waals surface area (Å²) in [5.41, 5.74) is 0.586. The van der Waals surface area contributed by atoms with Gasteiger partial charge in [-0.05, 0) is 45.8 Å². The first kappa shape index (κ1) is 21.0. The third-order valence-electron chi connectivity index (χ3n) is 5.53. The molecule has 1 aromatic rings. The minimum atomic E-state index is -0.294. The lowest BCUT2D eigenvalue weighted by Gasteiger charge is -2.32. The molecule has 3 nitrogen and oxygen atoms in total. The zero-order valence-electron chi connectivity index (χ0n) is 17.2. The highest BCUT2D eigenvalue weighted by atomic mass is 16.7. The quantitative estimate of drug-likeness (QED) is 0.285. The largest absolute Gasteiger partial charge is 0.497 e. The molecule has 0 radical (unpaired) electrons. The van der Waals surface area contributed by atoms with Crippen LogP contribution in [0.2, 0.25) is 5.82 Å². The van der Waals surface area contributed by atoms with E-state index in [1.807, 2.05) is 24.5 Å². The Balaban J connectivity index is 1.93. The Morgan fingerprint density at radius 3 is 2.27 bits per heavy atom. The minimum absolute atomic E-state index is 0.210. The maximum absolute atomic E-state index is 6.27. The predicted molar refractivity (Wildman–Crippen MR) is 109 cm³/mol. The highest BCUT2D eigenvalue weighted by Crippen LogP contribution is 2.41. The van der Waals surface area contributed by atoms with E-state index in [0.29, 0.717) is 6.61 Å². The van der Waals surface area contributed by atoms with Crippen LogP contribution >= 0.6 is 0 Å². The molecule has 1 saturated heterocycles. The van der Waals surface area contributed by atoms with Crippen LogP contribution in [-0.2, 0) is 20.7 Å². The highest BCUT2D eigenvalue weighted by Gasteiger charge is 2.53. The number of hydrogen-bond donors (Lipinski definition) is 0. The first-order valence-electron chi connectivity index (χ1n) is 10.0. The average Bonchev–Trinajstić information content (AvgIpc) is 2.82. The van der Waals surface area contributed by atoms with Crippen molar-refractivity contribution in [3.05, 3.63) is 48.2 Å². The summed E-state index contributed by atoms with van der Waals surface area (Å²) in [5.74, 6) is 0.212. The van der Waals surface area contributed by atoms with Gasteiger partial charge in [0.1, 0.15) is 6.61 Å². The molecule has 0 aliphatic carbocycles. The number of ether oxygens (including phenoxy) is 1. The first-order chi connectivity index (χ1) is 12.4. The van der Waals surface area contributed by atoms with Crippen molar-refractivity contribution in [3.63, 3.8) is 0 Å². The number of unbranched alkanes of at least 4 members (excludes halogenated alkanes) is 3. The molecule has 4 heteroatoms. The summed E-state index contributed by atoms with van der Waals surface area (Å²) >= 11 is 0. The zero-order valence-corrected chi connectivity index (χ0v) is 17.2. The molecule has 1 aromatic carbocycles. The van der Waals surface area contributed by atoms with Crippen molar-refractivity contribution in [3.8, 4) is 0 Å². The summed E-state index contributed by atoms with van der Waals surface area (Å²) < 4.78 is 18.3. The summed E-state index contributed by atoms with van der Waals surface area (Å²) in [4.78, 5) is 0. The van der Waals surface area contributed by atoms with Crippen molar-refractivity contribution in [2.75, 3.05) is 0 Å². The Hall–Kier alpha value is -1.26. The molecular formula is C22H35BO3. The van der Waals surface area contributed by atoms with Gasteiger partial charge in [-0.3, -0.25) is 0 Å². The topological polar surface area (TPSA) is 27.7 Å². The third kappa shape index (κ3) is 5.89. The maximum atomic E-state index is 6.27. The van der Waals surface area contributed by atoms with Gasteiger partial charge >= 0.3 is 7.12 Å². The van der Waals surface area contributed by atoms with Crippen LogP contribution < -0.4 is 0 Å². The van der Waals surface area contributed by atoms with Crippen LogP contribution in [0.5, 0.6) is 0 Å². The number of rotatable bonds is 10. The zero-order chi connectivity index (χ0) is 19.0. The minimum Gasteiger partial charge on any atom is -0.497 e. The summed E-state index contributed by atoms with van der Waals surface area (Å²) in [6.45, 7) is 11.3. The normalized spacial score (nSPS) is 19.8. The van der Waals surface area contributed by atoms with Crippen LogP contribution in [0.4, 0.5) is 0 Å². The Morgan fingerprint density at radius 1 is 1.00 bits per heavy atom. The monoisotopic (exact) mass is 358 g/mol. The van der Waals surface area contributed by atoms with E-state index in [2.05, 4.69) is 52.8 Å². The van der Waals surface area contributed by atoms with Gasteiger partial charge in [-0.1, -0.05) is 62.9 Å². The number of hydrogen-bond acceptors (Lipinski definition) is 3. The van der Waals surface area contributed by atoms with Crippen molar-refractivity contribution in [2.24, 2.45) is 0 Å². The van der Waals surface area contributed by atoms with Gasteiger partial charge in [0.2, 0.25) is 0 Å². The molecule has 0 N–H and O–H groups in total. The van der Waals surface area contributed by atoms with Gasteiger partial charge in [-0.25, -0.2) is 0 Å². The van der Waals surface area contributed by atoms with Crippen molar-refractivity contribution < 1.29 is 14.0 Å². The van der Waals surface area contributed by atoms with Crippen molar-refractivity contribution in [1.29, 1.82) is 0 Å². The van der Waals surface area contributed by atoms with Gasteiger partial charge in [0, 0.05) is 5.82 Å². The molecule has 1 heterocycles. The van der Waals surface area contributed by atoms with Gasteiger partial charge in [-0.2, -0.15) is 0 Å².